The van der Waals surface area contributed by atoms with Crippen molar-refractivity contribution in [2.75, 3.05) is 38.1 Å². The number of nitrogens with one attached hydrogen (secondary N) is 1. The zero-order valence-corrected chi connectivity index (χ0v) is 10.3. The SMILES string of the molecule is CN1CCN(c2nc(Cl)nc3[nH]ncc23)CC1. The van der Waals surface area contributed by atoms with Crippen molar-refractivity contribution in [2.45, 2.75) is 0 Å². The van der Waals surface area contributed by atoms with Gasteiger partial charge in [-0.2, -0.15) is 15.1 Å². The van der Waals surface area contributed by atoms with Gasteiger partial charge in [0.05, 0.1) is 11.6 Å². The van der Waals surface area contributed by atoms with E-state index in [4.69, 9.17) is 11.6 Å². The quantitative estimate of drug-likeness (QED) is 0.760. The lowest BCUT2D eigenvalue weighted by Gasteiger charge is -2.33. The van der Waals surface area contributed by atoms with E-state index in [1.807, 2.05) is 0 Å². The average molecular weight is 253 g/mol. The third kappa shape index (κ3) is 1.94. The summed E-state index contributed by atoms with van der Waals surface area (Å²) in [6, 6.07) is 0. The molecule has 0 amide bonds. The molecule has 0 bridgehead atoms. The van der Waals surface area contributed by atoms with Crippen LogP contribution in [0.3, 0.4) is 0 Å². The molecule has 2 aromatic heterocycles. The van der Waals surface area contributed by atoms with Crippen LogP contribution in [0.1, 0.15) is 0 Å². The minimum Gasteiger partial charge on any atom is -0.353 e. The van der Waals surface area contributed by atoms with E-state index in [1.165, 1.54) is 0 Å². The van der Waals surface area contributed by atoms with Gasteiger partial charge in [0.15, 0.2) is 5.65 Å². The second-order valence-corrected chi connectivity index (χ2v) is 4.58. The predicted molar refractivity (Wildman–Crippen MR) is 66.4 cm³/mol. The molecule has 17 heavy (non-hydrogen) atoms. The Morgan fingerprint density at radius 3 is 2.76 bits per heavy atom. The number of nitrogens with zero attached hydrogens (tertiary/aromatic N) is 5. The number of halogens is 1. The molecule has 0 aliphatic carbocycles. The molecule has 3 rings (SSSR count). The maximum atomic E-state index is 5.92. The van der Waals surface area contributed by atoms with E-state index >= 15 is 0 Å². The number of anilines is 1. The lowest BCUT2D eigenvalue weighted by molar-refractivity contribution is 0.312. The lowest BCUT2D eigenvalue weighted by atomic mass is 10.3. The monoisotopic (exact) mass is 252 g/mol. The topological polar surface area (TPSA) is 60.9 Å². The van der Waals surface area contributed by atoms with Crippen LogP contribution in [0.4, 0.5) is 5.82 Å². The molecule has 0 saturated carbocycles. The van der Waals surface area contributed by atoms with Crippen LogP contribution in [0.2, 0.25) is 5.28 Å². The molecule has 90 valence electrons. The third-order valence-electron chi connectivity index (χ3n) is 3.07. The summed E-state index contributed by atoms with van der Waals surface area (Å²) in [5.74, 6) is 0.877. The van der Waals surface area contributed by atoms with E-state index in [0.29, 0.717) is 5.65 Å². The molecule has 2 aromatic rings. The van der Waals surface area contributed by atoms with Gasteiger partial charge in [0, 0.05) is 26.2 Å². The highest BCUT2D eigenvalue weighted by Crippen LogP contribution is 2.24. The van der Waals surface area contributed by atoms with Crippen molar-refractivity contribution in [2.24, 2.45) is 0 Å². The highest BCUT2D eigenvalue weighted by Gasteiger charge is 2.19. The standard InChI is InChI=1S/C10H13ClN6/c1-16-2-4-17(5-3-16)9-7-6-12-15-8(7)13-10(11)14-9/h6H,2-5H2,1H3,(H,12,13,14,15). The average Bonchev–Trinajstić information content (AvgIpc) is 2.77. The summed E-state index contributed by atoms with van der Waals surface area (Å²) < 4.78 is 0. The van der Waals surface area contributed by atoms with Gasteiger partial charge in [0.1, 0.15) is 5.82 Å². The predicted octanol–water partition coefficient (Wildman–Crippen LogP) is 0.758. The van der Waals surface area contributed by atoms with Crippen molar-refractivity contribution >= 4 is 28.5 Å². The van der Waals surface area contributed by atoms with Gasteiger partial charge in [-0.1, -0.05) is 0 Å². The van der Waals surface area contributed by atoms with Crippen molar-refractivity contribution in [3.8, 4) is 0 Å². The molecule has 0 spiro atoms. The van der Waals surface area contributed by atoms with Crippen molar-refractivity contribution in [1.29, 1.82) is 0 Å². The fourth-order valence-electron chi connectivity index (χ4n) is 2.05. The first kappa shape index (κ1) is 10.7. The molecule has 0 radical (unpaired) electrons. The van der Waals surface area contributed by atoms with Crippen LogP contribution < -0.4 is 4.90 Å². The van der Waals surface area contributed by atoms with Crippen LogP contribution in [0.15, 0.2) is 6.20 Å². The van der Waals surface area contributed by atoms with Crippen LogP contribution in [-0.2, 0) is 0 Å². The summed E-state index contributed by atoms with van der Waals surface area (Å²) in [5.41, 5.74) is 0.693. The summed E-state index contributed by atoms with van der Waals surface area (Å²) >= 11 is 5.92. The number of H-pyrrole nitrogens is 1. The molecule has 0 atom stereocenters. The number of piperazine rings is 1. The van der Waals surface area contributed by atoms with E-state index < -0.39 is 0 Å². The maximum absolute atomic E-state index is 5.92. The normalized spacial score (nSPS) is 17.9. The molecule has 1 N–H and O–H groups in total. The second kappa shape index (κ2) is 4.12. The molecule has 1 fully saturated rings. The highest BCUT2D eigenvalue weighted by molar-refractivity contribution is 6.28. The van der Waals surface area contributed by atoms with Gasteiger partial charge < -0.3 is 9.80 Å². The molecular formula is C10H13ClN6. The smallest absolute Gasteiger partial charge is 0.226 e. The van der Waals surface area contributed by atoms with E-state index in [-0.39, 0.29) is 5.28 Å². The number of aromatic amines is 1. The molecule has 1 aliphatic rings. The van der Waals surface area contributed by atoms with Crippen molar-refractivity contribution in [3.63, 3.8) is 0 Å². The first-order valence-corrected chi connectivity index (χ1v) is 5.92. The number of likely N-dealkylation sites (N-methyl/N-ethyl adjacent to an activating group) is 1. The van der Waals surface area contributed by atoms with Crippen LogP contribution in [0.5, 0.6) is 0 Å². The zero-order valence-electron chi connectivity index (χ0n) is 9.52. The Bertz CT molecular complexity index is 531. The van der Waals surface area contributed by atoms with Crippen LogP contribution in [-0.4, -0.2) is 58.3 Å². The van der Waals surface area contributed by atoms with Crippen molar-refractivity contribution in [1.82, 2.24) is 25.1 Å². The number of aromatic nitrogens is 4. The Morgan fingerprint density at radius 2 is 2.00 bits per heavy atom. The molecular weight excluding hydrogens is 240 g/mol. The van der Waals surface area contributed by atoms with E-state index in [9.17, 15) is 0 Å². The molecule has 1 aliphatic heterocycles. The minimum absolute atomic E-state index is 0.260. The van der Waals surface area contributed by atoms with E-state index in [0.717, 1.165) is 37.4 Å². The molecule has 3 heterocycles. The fourth-order valence-corrected chi connectivity index (χ4v) is 2.22. The van der Waals surface area contributed by atoms with Crippen molar-refractivity contribution in [3.05, 3.63) is 11.5 Å². The number of rotatable bonds is 1. The summed E-state index contributed by atoms with van der Waals surface area (Å²) in [4.78, 5) is 13.0. The van der Waals surface area contributed by atoms with Gasteiger partial charge in [0.2, 0.25) is 5.28 Å². The lowest BCUT2D eigenvalue weighted by Crippen LogP contribution is -2.44. The van der Waals surface area contributed by atoms with Gasteiger partial charge in [-0.25, -0.2) is 0 Å². The first-order chi connectivity index (χ1) is 8.24. The zero-order chi connectivity index (χ0) is 11.8. The Morgan fingerprint density at radius 1 is 1.24 bits per heavy atom. The van der Waals surface area contributed by atoms with Crippen LogP contribution >= 0.6 is 11.6 Å². The third-order valence-corrected chi connectivity index (χ3v) is 3.23. The van der Waals surface area contributed by atoms with Gasteiger partial charge in [0.25, 0.3) is 0 Å². The first-order valence-electron chi connectivity index (χ1n) is 5.54. The Kier molecular flexibility index (Phi) is 2.60. The van der Waals surface area contributed by atoms with Gasteiger partial charge >= 0.3 is 0 Å². The Balaban J connectivity index is 2.01. The Hall–Kier alpha value is -1.40. The van der Waals surface area contributed by atoms with Gasteiger partial charge in [-0.3, -0.25) is 5.10 Å². The van der Waals surface area contributed by atoms with Crippen molar-refractivity contribution < 1.29 is 0 Å². The molecule has 1 saturated heterocycles. The number of hydrogen-bond acceptors (Lipinski definition) is 5. The second-order valence-electron chi connectivity index (χ2n) is 4.24. The van der Waals surface area contributed by atoms with Gasteiger partial charge in [-0.15, -0.1) is 0 Å². The molecule has 7 heteroatoms. The van der Waals surface area contributed by atoms with E-state index in [1.54, 1.807) is 6.20 Å². The minimum atomic E-state index is 0.260. The Labute approximate surface area is 104 Å². The summed E-state index contributed by atoms with van der Waals surface area (Å²) in [6.07, 6.45) is 1.75. The largest absolute Gasteiger partial charge is 0.353 e. The summed E-state index contributed by atoms with van der Waals surface area (Å²) in [6.45, 7) is 3.95. The highest BCUT2D eigenvalue weighted by atomic mass is 35.5. The van der Waals surface area contributed by atoms with E-state index in [2.05, 4.69) is 37.0 Å². The fraction of sp³-hybridized carbons (Fsp3) is 0.500. The number of fused-ring (bicyclic) bond motifs is 1. The molecule has 0 aromatic carbocycles. The summed E-state index contributed by atoms with van der Waals surface area (Å²) in [7, 11) is 2.12. The molecule has 6 nitrogen and oxygen atoms in total. The molecule has 0 unspecified atom stereocenters. The van der Waals surface area contributed by atoms with Gasteiger partial charge in [-0.05, 0) is 18.6 Å². The number of hydrogen-bond donors (Lipinski definition) is 1. The van der Waals surface area contributed by atoms with Crippen LogP contribution in [0, 0.1) is 0 Å². The maximum Gasteiger partial charge on any atom is 0.226 e. The van der Waals surface area contributed by atoms with Crippen LogP contribution in [0.25, 0.3) is 11.0 Å². The summed E-state index contributed by atoms with van der Waals surface area (Å²) in [5, 5.41) is 8.01.